The Balaban J connectivity index is 1.25. The van der Waals surface area contributed by atoms with E-state index < -0.39 is 0 Å². The molecule has 2 aromatic rings. The van der Waals surface area contributed by atoms with E-state index in [1.165, 1.54) is 19.3 Å². The molecular weight excluding hydrogens is 316 g/mol. The van der Waals surface area contributed by atoms with Crippen molar-refractivity contribution in [1.29, 1.82) is 0 Å². The largest absolute Gasteiger partial charge is 0.466 e. The number of aryl methyl sites for hydroxylation is 2. The minimum Gasteiger partial charge on any atom is -0.466 e. The van der Waals surface area contributed by atoms with Crippen LogP contribution in [0.2, 0.25) is 0 Å². The first-order valence-electron chi connectivity index (χ1n) is 9.47. The molecule has 1 saturated carbocycles. The van der Waals surface area contributed by atoms with Crippen molar-refractivity contribution in [2.75, 3.05) is 0 Å². The highest BCUT2D eigenvalue weighted by Crippen LogP contribution is 2.47. The lowest BCUT2D eigenvalue weighted by Crippen LogP contribution is -2.25. The molecule has 2 aliphatic rings. The third-order valence-corrected chi connectivity index (χ3v) is 5.39. The fourth-order valence-corrected chi connectivity index (χ4v) is 3.63. The highest BCUT2D eigenvalue weighted by molar-refractivity contribution is 5.75. The predicted octanol–water partition coefficient (Wildman–Crippen LogP) is 2.97. The van der Waals surface area contributed by atoms with Gasteiger partial charge in [0.25, 0.3) is 0 Å². The Morgan fingerprint density at radius 2 is 2.20 bits per heavy atom. The highest BCUT2D eigenvalue weighted by atomic mass is 16.3. The average molecular weight is 342 g/mol. The van der Waals surface area contributed by atoms with Gasteiger partial charge in [-0.05, 0) is 37.3 Å². The minimum absolute atomic E-state index is 0.0312. The molecule has 134 valence electrons. The summed E-state index contributed by atoms with van der Waals surface area (Å²) < 4.78 is 8.03. The number of nitrogens with one attached hydrogen (secondary N) is 1. The van der Waals surface area contributed by atoms with Crippen LogP contribution >= 0.6 is 0 Å². The molecule has 0 radical (unpaired) electrons. The van der Waals surface area contributed by atoms with Gasteiger partial charge >= 0.3 is 0 Å². The zero-order chi connectivity index (χ0) is 17.2. The van der Waals surface area contributed by atoms with Crippen LogP contribution in [0.1, 0.15) is 68.1 Å². The smallest absolute Gasteiger partial charge is 0.220 e. The van der Waals surface area contributed by atoms with Crippen molar-refractivity contribution in [3.63, 3.8) is 0 Å². The molecule has 1 fully saturated rings. The second-order valence-corrected chi connectivity index (χ2v) is 7.40. The summed E-state index contributed by atoms with van der Waals surface area (Å²) in [5.74, 6) is 5.26. The summed E-state index contributed by atoms with van der Waals surface area (Å²) in [4.78, 5) is 12.1. The maximum Gasteiger partial charge on any atom is 0.220 e. The average Bonchev–Trinajstić information content (AvgIpc) is 3.06. The quantitative estimate of drug-likeness (QED) is 0.876. The number of furan rings is 1. The standard InChI is InChI=1S/C19H26N4O2/c1-13-11-15(13)16-8-6-14(25-16)7-9-19(24)20-12-18-22-21-17-5-3-2-4-10-23(17)18/h6,8,13,15H,2-5,7,9-12H2,1H3,(H,20,24)/t13-,15-/m1/s1. The summed E-state index contributed by atoms with van der Waals surface area (Å²) in [6.07, 6.45) is 6.86. The van der Waals surface area contributed by atoms with Crippen molar-refractivity contribution in [2.24, 2.45) is 5.92 Å². The molecule has 1 N–H and O–H groups in total. The fraction of sp³-hybridized carbons (Fsp3) is 0.632. The van der Waals surface area contributed by atoms with Crippen molar-refractivity contribution in [1.82, 2.24) is 20.1 Å². The number of amides is 1. The van der Waals surface area contributed by atoms with Gasteiger partial charge in [0.2, 0.25) is 5.91 Å². The Bertz CT molecular complexity index is 748. The van der Waals surface area contributed by atoms with E-state index >= 15 is 0 Å². The van der Waals surface area contributed by atoms with Crippen LogP contribution in [0.25, 0.3) is 0 Å². The van der Waals surface area contributed by atoms with Crippen molar-refractivity contribution >= 4 is 5.91 Å². The molecule has 1 aliphatic carbocycles. The van der Waals surface area contributed by atoms with Gasteiger partial charge in [0.05, 0.1) is 6.54 Å². The summed E-state index contributed by atoms with van der Waals surface area (Å²) >= 11 is 0. The van der Waals surface area contributed by atoms with Gasteiger partial charge in [0, 0.05) is 31.7 Å². The molecular formula is C19H26N4O2. The summed E-state index contributed by atoms with van der Waals surface area (Å²) in [5.41, 5.74) is 0. The van der Waals surface area contributed by atoms with Crippen LogP contribution in [-0.4, -0.2) is 20.7 Å². The molecule has 6 heteroatoms. The third-order valence-electron chi connectivity index (χ3n) is 5.39. The van der Waals surface area contributed by atoms with Gasteiger partial charge in [0.1, 0.15) is 17.3 Å². The highest BCUT2D eigenvalue weighted by Gasteiger charge is 2.36. The summed E-state index contributed by atoms with van der Waals surface area (Å²) in [6.45, 7) is 3.66. The van der Waals surface area contributed by atoms with Gasteiger partial charge in [-0.3, -0.25) is 4.79 Å². The van der Waals surface area contributed by atoms with Crippen LogP contribution in [-0.2, 0) is 30.7 Å². The normalized spacial score (nSPS) is 22.3. The number of hydrogen-bond acceptors (Lipinski definition) is 4. The van der Waals surface area contributed by atoms with Crippen LogP contribution < -0.4 is 5.32 Å². The Morgan fingerprint density at radius 3 is 3.04 bits per heavy atom. The molecule has 2 aromatic heterocycles. The van der Waals surface area contributed by atoms with Gasteiger partial charge < -0.3 is 14.3 Å². The molecule has 0 saturated heterocycles. The van der Waals surface area contributed by atoms with E-state index in [2.05, 4.69) is 33.1 Å². The Morgan fingerprint density at radius 1 is 1.32 bits per heavy atom. The maximum absolute atomic E-state index is 12.1. The lowest BCUT2D eigenvalue weighted by atomic mass is 10.2. The Kier molecular flexibility index (Phi) is 4.59. The molecule has 25 heavy (non-hydrogen) atoms. The molecule has 3 heterocycles. The first-order chi connectivity index (χ1) is 12.2. The van der Waals surface area contributed by atoms with Crippen LogP contribution in [0.3, 0.4) is 0 Å². The van der Waals surface area contributed by atoms with E-state index in [4.69, 9.17) is 4.42 Å². The zero-order valence-corrected chi connectivity index (χ0v) is 14.8. The molecule has 1 aliphatic heterocycles. The first-order valence-corrected chi connectivity index (χ1v) is 9.47. The van der Waals surface area contributed by atoms with E-state index in [1.54, 1.807) is 0 Å². The number of hydrogen-bond donors (Lipinski definition) is 1. The lowest BCUT2D eigenvalue weighted by Gasteiger charge is -2.08. The van der Waals surface area contributed by atoms with E-state index in [-0.39, 0.29) is 5.91 Å². The fourth-order valence-electron chi connectivity index (χ4n) is 3.63. The molecule has 6 nitrogen and oxygen atoms in total. The zero-order valence-electron chi connectivity index (χ0n) is 14.8. The van der Waals surface area contributed by atoms with Gasteiger partial charge in [-0.15, -0.1) is 10.2 Å². The van der Waals surface area contributed by atoms with Crippen LogP contribution in [0.15, 0.2) is 16.5 Å². The Labute approximate surface area is 148 Å². The number of fused-ring (bicyclic) bond motifs is 1. The third kappa shape index (κ3) is 3.78. The van der Waals surface area contributed by atoms with Crippen molar-refractivity contribution < 1.29 is 9.21 Å². The Hall–Kier alpha value is -2.11. The summed E-state index contributed by atoms with van der Waals surface area (Å²) in [5, 5.41) is 11.5. The van der Waals surface area contributed by atoms with Crippen LogP contribution in [0.5, 0.6) is 0 Å². The van der Waals surface area contributed by atoms with E-state index in [9.17, 15) is 4.79 Å². The number of carbonyl (C=O) groups excluding carboxylic acids is 1. The molecule has 0 aromatic carbocycles. The van der Waals surface area contributed by atoms with Crippen molar-refractivity contribution in [3.05, 3.63) is 35.3 Å². The summed E-state index contributed by atoms with van der Waals surface area (Å²) in [7, 11) is 0. The molecule has 0 bridgehead atoms. The van der Waals surface area contributed by atoms with Gasteiger partial charge in [-0.1, -0.05) is 13.3 Å². The van der Waals surface area contributed by atoms with Crippen molar-refractivity contribution in [2.45, 2.75) is 70.9 Å². The molecule has 1 amide bonds. The van der Waals surface area contributed by atoms with Crippen LogP contribution in [0, 0.1) is 5.92 Å². The van der Waals surface area contributed by atoms with Gasteiger partial charge in [0.15, 0.2) is 5.82 Å². The number of aromatic nitrogens is 3. The van der Waals surface area contributed by atoms with E-state index in [0.717, 1.165) is 48.5 Å². The number of carbonyl (C=O) groups is 1. The SMILES string of the molecule is C[C@@H]1C[C@H]1c1ccc(CCC(=O)NCc2nnc3n2CCCCC3)o1. The van der Waals surface area contributed by atoms with Gasteiger partial charge in [-0.2, -0.15) is 0 Å². The molecule has 0 spiro atoms. The number of rotatable bonds is 6. The lowest BCUT2D eigenvalue weighted by molar-refractivity contribution is -0.121. The topological polar surface area (TPSA) is 73.0 Å². The van der Waals surface area contributed by atoms with Crippen molar-refractivity contribution in [3.8, 4) is 0 Å². The van der Waals surface area contributed by atoms with Gasteiger partial charge in [-0.25, -0.2) is 0 Å². The second-order valence-electron chi connectivity index (χ2n) is 7.40. The molecule has 4 rings (SSSR count). The second kappa shape index (κ2) is 7.02. The summed E-state index contributed by atoms with van der Waals surface area (Å²) in [6, 6.07) is 4.07. The van der Waals surface area contributed by atoms with E-state index in [0.29, 0.717) is 25.3 Å². The number of nitrogens with zero attached hydrogens (tertiary/aromatic N) is 3. The first kappa shape index (κ1) is 16.4. The van der Waals surface area contributed by atoms with Crippen LogP contribution in [0.4, 0.5) is 0 Å². The molecule has 0 unspecified atom stereocenters. The predicted molar refractivity (Wildman–Crippen MR) is 93.0 cm³/mol. The molecule has 2 atom stereocenters. The van der Waals surface area contributed by atoms with E-state index in [1.807, 2.05) is 6.07 Å². The maximum atomic E-state index is 12.1. The monoisotopic (exact) mass is 342 g/mol. The minimum atomic E-state index is 0.0312.